The van der Waals surface area contributed by atoms with Gasteiger partial charge < -0.3 is 9.84 Å². The van der Waals surface area contributed by atoms with E-state index in [4.69, 9.17) is 4.74 Å². The molecule has 1 atom stereocenters. The zero-order chi connectivity index (χ0) is 17.9. The van der Waals surface area contributed by atoms with Gasteiger partial charge in [0.2, 0.25) is 0 Å². The number of unbranched alkanes of at least 4 members (excludes halogenated alkanes) is 1. The molecule has 3 heteroatoms. The van der Waals surface area contributed by atoms with E-state index in [0.29, 0.717) is 6.04 Å². The third-order valence-corrected chi connectivity index (χ3v) is 6.15. The number of ether oxygens (including phenoxy) is 1. The van der Waals surface area contributed by atoms with Crippen LogP contribution in [0.15, 0.2) is 18.2 Å². The Labute approximate surface area is 153 Å². The van der Waals surface area contributed by atoms with Gasteiger partial charge in [-0.25, -0.2) is 0 Å². The van der Waals surface area contributed by atoms with Crippen molar-refractivity contribution in [2.75, 3.05) is 13.2 Å². The molecule has 1 unspecified atom stereocenters. The topological polar surface area (TPSA) is 32.7 Å². The molecule has 1 heterocycles. The predicted molar refractivity (Wildman–Crippen MR) is 103 cm³/mol. The molecule has 3 rings (SSSR count). The van der Waals surface area contributed by atoms with Gasteiger partial charge in [0.05, 0.1) is 12.2 Å². The van der Waals surface area contributed by atoms with Gasteiger partial charge in [-0.15, -0.1) is 0 Å². The maximum Gasteiger partial charge on any atom is 0.119 e. The lowest BCUT2D eigenvalue weighted by atomic mass is 9.70. The molecular weight excluding hydrogens is 310 g/mol. The monoisotopic (exact) mass is 345 g/mol. The van der Waals surface area contributed by atoms with E-state index in [0.717, 1.165) is 64.0 Å². The predicted octanol–water partition coefficient (Wildman–Crippen LogP) is 4.87. The van der Waals surface area contributed by atoms with Crippen LogP contribution in [-0.4, -0.2) is 34.8 Å². The average Bonchev–Trinajstić information content (AvgIpc) is 2.61. The average molecular weight is 346 g/mol. The van der Waals surface area contributed by atoms with Crippen molar-refractivity contribution in [2.24, 2.45) is 0 Å². The zero-order valence-electron chi connectivity index (χ0n) is 16.3. The van der Waals surface area contributed by atoms with E-state index in [1.54, 1.807) is 0 Å². The number of nitrogens with zero attached hydrogens (tertiary/aromatic N) is 1. The van der Waals surface area contributed by atoms with Crippen molar-refractivity contribution < 1.29 is 9.84 Å². The van der Waals surface area contributed by atoms with Crippen molar-refractivity contribution in [1.82, 2.24) is 4.90 Å². The molecule has 1 N–H and O–H groups in total. The molecule has 1 saturated carbocycles. The summed E-state index contributed by atoms with van der Waals surface area (Å²) in [5.41, 5.74) is 2.16. The first-order chi connectivity index (χ1) is 12.0. The summed E-state index contributed by atoms with van der Waals surface area (Å²) < 4.78 is 5.93. The number of rotatable bonds is 6. The van der Waals surface area contributed by atoms with Gasteiger partial charge in [0.15, 0.2) is 0 Å². The van der Waals surface area contributed by atoms with E-state index in [2.05, 4.69) is 43.9 Å². The standard InChI is InChI=1S/C22H35NO2/c1-4-5-13-25-19-9-10-20-18(14-19)15-23(17(2)3)16-21(20)22(24)11-7-6-8-12-22/h9-10,14,17,21,24H,4-8,11-13,15-16H2,1-3H3. The Kier molecular flexibility index (Phi) is 6.06. The largest absolute Gasteiger partial charge is 0.494 e. The Morgan fingerprint density at radius 3 is 2.68 bits per heavy atom. The fourth-order valence-corrected chi connectivity index (χ4v) is 4.46. The first kappa shape index (κ1) is 18.7. The third-order valence-electron chi connectivity index (χ3n) is 6.15. The SMILES string of the molecule is CCCCOc1ccc2c(c1)CN(C(C)C)CC2C1(O)CCCCC1. The van der Waals surface area contributed by atoms with Gasteiger partial charge in [-0.05, 0) is 56.4 Å². The Morgan fingerprint density at radius 1 is 1.24 bits per heavy atom. The van der Waals surface area contributed by atoms with E-state index < -0.39 is 5.60 Å². The number of benzene rings is 1. The van der Waals surface area contributed by atoms with Crippen LogP contribution in [0.2, 0.25) is 0 Å². The van der Waals surface area contributed by atoms with E-state index in [1.165, 1.54) is 17.5 Å². The molecule has 0 amide bonds. The smallest absolute Gasteiger partial charge is 0.119 e. The number of hydrogen-bond donors (Lipinski definition) is 1. The minimum Gasteiger partial charge on any atom is -0.494 e. The van der Waals surface area contributed by atoms with Gasteiger partial charge in [0.1, 0.15) is 5.75 Å². The summed E-state index contributed by atoms with van der Waals surface area (Å²) in [6.07, 6.45) is 7.71. The van der Waals surface area contributed by atoms with Gasteiger partial charge in [-0.2, -0.15) is 0 Å². The molecule has 2 aliphatic rings. The number of aliphatic hydroxyl groups is 1. The number of hydrogen-bond acceptors (Lipinski definition) is 3. The maximum atomic E-state index is 11.4. The molecule has 3 nitrogen and oxygen atoms in total. The quantitative estimate of drug-likeness (QED) is 0.747. The molecule has 0 bridgehead atoms. The lowest BCUT2D eigenvalue weighted by molar-refractivity contribution is -0.0385. The lowest BCUT2D eigenvalue weighted by Gasteiger charge is -2.46. The minimum absolute atomic E-state index is 0.226. The molecule has 1 fully saturated rings. The van der Waals surface area contributed by atoms with Crippen molar-refractivity contribution in [2.45, 2.75) is 89.8 Å². The molecule has 0 spiro atoms. The zero-order valence-corrected chi connectivity index (χ0v) is 16.3. The Morgan fingerprint density at radius 2 is 2.00 bits per heavy atom. The van der Waals surface area contributed by atoms with Crippen LogP contribution >= 0.6 is 0 Å². The second-order valence-electron chi connectivity index (χ2n) is 8.30. The highest BCUT2D eigenvalue weighted by Gasteiger charge is 2.42. The summed E-state index contributed by atoms with van der Waals surface area (Å²) in [7, 11) is 0. The molecule has 1 aliphatic carbocycles. The van der Waals surface area contributed by atoms with Gasteiger partial charge >= 0.3 is 0 Å². The summed E-state index contributed by atoms with van der Waals surface area (Å²) in [6, 6.07) is 7.05. The molecule has 0 saturated heterocycles. The van der Waals surface area contributed by atoms with Gasteiger partial charge in [-0.1, -0.05) is 38.7 Å². The minimum atomic E-state index is -0.537. The van der Waals surface area contributed by atoms with Crippen LogP contribution in [0.5, 0.6) is 5.75 Å². The van der Waals surface area contributed by atoms with E-state index in [9.17, 15) is 5.11 Å². The maximum absolute atomic E-state index is 11.4. The van der Waals surface area contributed by atoms with Gasteiger partial charge in [0.25, 0.3) is 0 Å². The number of fused-ring (bicyclic) bond motifs is 1. The van der Waals surface area contributed by atoms with E-state index >= 15 is 0 Å². The second-order valence-corrected chi connectivity index (χ2v) is 8.30. The third kappa shape index (κ3) is 4.20. The molecule has 1 aromatic carbocycles. The van der Waals surface area contributed by atoms with Crippen LogP contribution in [0.3, 0.4) is 0 Å². The van der Waals surface area contributed by atoms with Gasteiger partial charge in [-0.3, -0.25) is 4.90 Å². The van der Waals surface area contributed by atoms with Crippen LogP contribution in [0.1, 0.15) is 82.8 Å². The molecular formula is C22H35NO2. The van der Waals surface area contributed by atoms with Crippen molar-refractivity contribution in [1.29, 1.82) is 0 Å². The van der Waals surface area contributed by atoms with Crippen molar-refractivity contribution in [3.05, 3.63) is 29.3 Å². The van der Waals surface area contributed by atoms with Crippen LogP contribution in [-0.2, 0) is 6.54 Å². The highest BCUT2D eigenvalue weighted by atomic mass is 16.5. The highest BCUT2D eigenvalue weighted by Crippen LogP contribution is 2.44. The van der Waals surface area contributed by atoms with Crippen LogP contribution in [0, 0.1) is 0 Å². The Bertz CT molecular complexity index is 563. The molecule has 1 aromatic rings. The first-order valence-electron chi connectivity index (χ1n) is 10.3. The van der Waals surface area contributed by atoms with Crippen molar-refractivity contribution >= 4 is 0 Å². The van der Waals surface area contributed by atoms with Crippen LogP contribution < -0.4 is 4.74 Å². The fraction of sp³-hybridized carbons (Fsp3) is 0.727. The van der Waals surface area contributed by atoms with Gasteiger partial charge in [0, 0.05) is 25.0 Å². The van der Waals surface area contributed by atoms with E-state index in [1.807, 2.05) is 0 Å². The van der Waals surface area contributed by atoms with Crippen molar-refractivity contribution in [3.8, 4) is 5.75 Å². The summed E-state index contributed by atoms with van der Waals surface area (Å²) in [5, 5.41) is 11.4. The molecule has 1 aliphatic heterocycles. The summed E-state index contributed by atoms with van der Waals surface area (Å²) >= 11 is 0. The van der Waals surface area contributed by atoms with Crippen LogP contribution in [0.25, 0.3) is 0 Å². The fourth-order valence-electron chi connectivity index (χ4n) is 4.46. The Hall–Kier alpha value is -1.06. The van der Waals surface area contributed by atoms with E-state index in [-0.39, 0.29) is 5.92 Å². The molecule has 140 valence electrons. The molecule has 0 radical (unpaired) electrons. The summed E-state index contributed by atoms with van der Waals surface area (Å²) in [4.78, 5) is 2.51. The second kappa shape index (κ2) is 8.09. The lowest BCUT2D eigenvalue weighted by Crippen LogP contribution is -2.48. The van der Waals surface area contributed by atoms with Crippen LogP contribution in [0.4, 0.5) is 0 Å². The first-order valence-corrected chi connectivity index (χ1v) is 10.3. The summed E-state index contributed by atoms with van der Waals surface area (Å²) in [6.45, 7) is 9.42. The highest BCUT2D eigenvalue weighted by molar-refractivity contribution is 5.41. The molecule has 0 aromatic heterocycles. The molecule has 25 heavy (non-hydrogen) atoms. The van der Waals surface area contributed by atoms with Crippen molar-refractivity contribution in [3.63, 3.8) is 0 Å². The Balaban J connectivity index is 1.87. The summed E-state index contributed by atoms with van der Waals surface area (Å²) in [5.74, 6) is 1.20. The normalized spacial score (nSPS) is 23.5.